The van der Waals surface area contributed by atoms with Gasteiger partial charge >= 0.3 is 0 Å². The van der Waals surface area contributed by atoms with Gasteiger partial charge < -0.3 is 9.52 Å². The molecule has 0 fully saturated rings. The van der Waals surface area contributed by atoms with Gasteiger partial charge in [-0.3, -0.25) is 4.79 Å². The van der Waals surface area contributed by atoms with E-state index in [0.717, 1.165) is 5.56 Å². The van der Waals surface area contributed by atoms with E-state index in [2.05, 4.69) is 0 Å². The SMILES string of the molecule is O=c1c(-c2ccsc2)coc2cc(O)ccc12. The normalized spacial score (nSPS) is 10.8. The third kappa shape index (κ3) is 1.62. The largest absolute Gasteiger partial charge is 0.508 e. The Balaban J connectivity index is 2.34. The van der Waals surface area contributed by atoms with Gasteiger partial charge in [-0.15, -0.1) is 0 Å². The molecule has 2 aromatic heterocycles. The Labute approximate surface area is 101 Å². The van der Waals surface area contributed by atoms with E-state index in [0.29, 0.717) is 16.5 Å². The number of hydrogen-bond donors (Lipinski definition) is 1. The fourth-order valence-electron chi connectivity index (χ4n) is 1.73. The van der Waals surface area contributed by atoms with Crippen molar-refractivity contribution in [3.05, 3.63) is 51.5 Å². The summed E-state index contributed by atoms with van der Waals surface area (Å²) >= 11 is 1.53. The van der Waals surface area contributed by atoms with Crippen LogP contribution in [0, 0.1) is 0 Å². The van der Waals surface area contributed by atoms with E-state index < -0.39 is 0 Å². The van der Waals surface area contributed by atoms with Gasteiger partial charge in [-0.25, -0.2) is 0 Å². The summed E-state index contributed by atoms with van der Waals surface area (Å²) in [5.74, 6) is 0.0870. The molecule has 0 aliphatic rings. The quantitative estimate of drug-likeness (QED) is 0.715. The Bertz CT molecular complexity index is 726. The van der Waals surface area contributed by atoms with Crippen LogP contribution >= 0.6 is 11.3 Å². The van der Waals surface area contributed by atoms with Crippen LogP contribution in [0.25, 0.3) is 22.1 Å². The molecular weight excluding hydrogens is 236 g/mol. The van der Waals surface area contributed by atoms with E-state index in [1.807, 2.05) is 16.8 Å². The Morgan fingerprint density at radius 1 is 1.24 bits per heavy atom. The molecule has 0 aliphatic carbocycles. The van der Waals surface area contributed by atoms with Crippen LogP contribution in [-0.2, 0) is 0 Å². The molecule has 0 radical (unpaired) electrons. The van der Waals surface area contributed by atoms with Gasteiger partial charge in [0.25, 0.3) is 0 Å². The number of thiophene rings is 1. The Morgan fingerprint density at radius 2 is 2.12 bits per heavy atom. The molecule has 4 heteroatoms. The van der Waals surface area contributed by atoms with Gasteiger partial charge in [-0.2, -0.15) is 11.3 Å². The summed E-state index contributed by atoms with van der Waals surface area (Å²) in [6.07, 6.45) is 1.44. The first-order chi connectivity index (χ1) is 8.25. The molecule has 3 nitrogen and oxygen atoms in total. The molecule has 1 N–H and O–H groups in total. The van der Waals surface area contributed by atoms with Gasteiger partial charge in [0.05, 0.1) is 10.9 Å². The summed E-state index contributed by atoms with van der Waals surface area (Å²) in [5, 5.41) is 13.6. The second kappa shape index (κ2) is 3.75. The Kier molecular flexibility index (Phi) is 2.23. The van der Waals surface area contributed by atoms with Crippen LogP contribution < -0.4 is 5.43 Å². The molecule has 2 heterocycles. The average molecular weight is 244 g/mol. The third-order valence-corrected chi connectivity index (χ3v) is 3.27. The lowest BCUT2D eigenvalue weighted by Crippen LogP contribution is -2.03. The summed E-state index contributed by atoms with van der Waals surface area (Å²) < 4.78 is 5.37. The number of fused-ring (bicyclic) bond motifs is 1. The zero-order valence-electron chi connectivity index (χ0n) is 8.71. The van der Waals surface area contributed by atoms with Crippen molar-refractivity contribution in [3.8, 4) is 16.9 Å². The molecule has 3 rings (SSSR count). The van der Waals surface area contributed by atoms with Crippen molar-refractivity contribution in [2.75, 3.05) is 0 Å². The van der Waals surface area contributed by atoms with Gasteiger partial charge in [-0.05, 0) is 34.5 Å². The lowest BCUT2D eigenvalue weighted by Gasteiger charge is -2.00. The molecule has 0 saturated heterocycles. The van der Waals surface area contributed by atoms with Crippen molar-refractivity contribution in [1.29, 1.82) is 0 Å². The van der Waals surface area contributed by atoms with E-state index in [-0.39, 0.29) is 11.2 Å². The maximum Gasteiger partial charge on any atom is 0.200 e. The van der Waals surface area contributed by atoms with Crippen LogP contribution in [0.3, 0.4) is 0 Å². The van der Waals surface area contributed by atoms with E-state index >= 15 is 0 Å². The zero-order valence-corrected chi connectivity index (χ0v) is 9.53. The smallest absolute Gasteiger partial charge is 0.200 e. The van der Waals surface area contributed by atoms with E-state index in [1.54, 1.807) is 6.07 Å². The number of hydrogen-bond acceptors (Lipinski definition) is 4. The minimum atomic E-state index is -0.0790. The zero-order chi connectivity index (χ0) is 11.8. The monoisotopic (exact) mass is 244 g/mol. The van der Waals surface area contributed by atoms with Gasteiger partial charge in [-0.1, -0.05) is 0 Å². The van der Waals surface area contributed by atoms with Crippen LogP contribution in [0.5, 0.6) is 5.75 Å². The van der Waals surface area contributed by atoms with Crippen LogP contribution in [0.2, 0.25) is 0 Å². The molecule has 0 amide bonds. The van der Waals surface area contributed by atoms with Gasteiger partial charge in [0, 0.05) is 6.07 Å². The predicted octanol–water partition coefficient (Wildman–Crippen LogP) is 3.23. The highest BCUT2D eigenvalue weighted by Gasteiger charge is 2.09. The summed E-state index contributed by atoms with van der Waals surface area (Å²) in [5.41, 5.74) is 1.72. The maximum absolute atomic E-state index is 12.2. The van der Waals surface area contributed by atoms with Crippen molar-refractivity contribution < 1.29 is 9.52 Å². The number of phenols is 1. The number of phenolic OH excluding ortho intramolecular Hbond substituents is 1. The lowest BCUT2D eigenvalue weighted by atomic mass is 10.1. The van der Waals surface area contributed by atoms with Gasteiger partial charge in [0.15, 0.2) is 0 Å². The van der Waals surface area contributed by atoms with E-state index in [9.17, 15) is 9.90 Å². The van der Waals surface area contributed by atoms with Crippen molar-refractivity contribution in [2.45, 2.75) is 0 Å². The fraction of sp³-hybridized carbons (Fsp3) is 0. The standard InChI is InChI=1S/C13H8O3S/c14-9-1-2-10-12(5-9)16-6-11(13(10)15)8-3-4-17-7-8/h1-7,14H. The summed E-state index contributed by atoms with van der Waals surface area (Å²) in [6.45, 7) is 0. The average Bonchev–Trinajstić information content (AvgIpc) is 2.82. The fourth-order valence-corrected chi connectivity index (χ4v) is 2.39. The van der Waals surface area contributed by atoms with Crippen molar-refractivity contribution in [3.63, 3.8) is 0 Å². The second-order valence-corrected chi connectivity index (χ2v) is 4.45. The highest BCUT2D eigenvalue weighted by atomic mass is 32.1. The van der Waals surface area contributed by atoms with Gasteiger partial charge in [0.1, 0.15) is 17.6 Å². The van der Waals surface area contributed by atoms with Crippen molar-refractivity contribution in [1.82, 2.24) is 0 Å². The third-order valence-electron chi connectivity index (χ3n) is 2.59. The molecule has 0 aliphatic heterocycles. The summed E-state index contributed by atoms with van der Waals surface area (Å²) in [6, 6.07) is 6.38. The number of benzene rings is 1. The van der Waals surface area contributed by atoms with E-state index in [1.165, 1.54) is 29.7 Å². The minimum absolute atomic E-state index is 0.0790. The predicted molar refractivity (Wildman–Crippen MR) is 67.5 cm³/mol. The van der Waals surface area contributed by atoms with Crippen molar-refractivity contribution in [2.24, 2.45) is 0 Å². The van der Waals surface area contributed by atoms with Crippen molar-refractivity contribution >= 4 is 22.3 Å². The van der Waals surface area contributed by atoms with Crippen LogP contribution in [0.4, 0.5) is 0 Å². The highest BCUT2D eigenvalue weighted by Crippen LogP contribution is 2.23. The number of rotatable bonds is 1. The molecule has 0 atom stereocenters. The molecule has 84 valence electrons. The van der Waals surface area contributed by atoms with Crippen LogP contribution in [0.15, 0.2) is 50.5 Å². The molecule has 3 aromatic rings. The first-order valence-corrected chi connectivity index (χ1v) is 5.97. The van der Waals surface area contributed by atoms with E-state index in [4.69, 9.17) is 4.42 Å². The van der Waals surface area contributed by atoms with Gasteiger partial charge in [0.2, 0.25) is 5.43 Å². The minimum Gasteiger partial charge on any atom is -0.508 e. The maximum atomic E-state index is 12.2. The second-order valence-electron chi connectivity index (χ2n) is 3.67. The summed E-state index contributed by atoms with van der Waals surface area (Å²) in [7, 11) is 0. The highest BCUT2D eigenvalue weighted by molar-refractivity contribution is 7.08. The van der Waals surface area contributed by atoms with Crippen LogP contribution in [-0.4, -0.2) is 5.11 Å². The number of aromatic hydroxyl groups is 1. The lowest BCUT2D eigenvalue weighted by molar-refractivity contribution is 0.474. The van der Waals surface area contributed by atoms with Crippen LogP contribution in [0.1, 0.15) is 0 Å². The molecule has 0 saturated carbocycles. The molecule has 17 heavy (non-hydrogen) atoms. The first kappa shape index (κ1) is 10.1. The molecule has 0 spiro atoms. The Hall–Kier alpha value is -2.07. The topological polar surface area (TPSA) is 50.4 Å². The Morgan fingerprint density at radius 3 is 2.88 bits per heavy atom. The summed E-state index contributed by atoms with van der Waals surface area (Å²) in [4.78, 5) is 12.2. The molecule has 1 aromatic carbocycles. The molecule has 0 unspecified atom stereocenters. The first-order valence-electron chi connectivity index (χ1n) is 5.03. The molecule has 0 bridgehead atoms. The molecular formula is C13H8O3S.